The summed E-state index contributed by atoms with van der Waals surface area (Å²) in [7, 11) is 0. The van der Waals surface area contributed by atoms with Gasteiger partial charge in [-0.05, 0) is 17.2 Å². The molecule has 1 aromatic carbocycles. The number of nitrogens with zero attached hydrogens (tertiary/aromatic N) is 2. The molecule has 78 valence electrons. The lowest BCUT2D eigenvalue weighted by molar-refractivity contribution is 1.19. The maximum absolute atomic E-state index is 8.64. The molecule has 0 aliphatic carbocycles. The molecule has 0 saturated heterocycles. The highest BCUT2D eigenvalue weighted by molar-refractivity contribution is 6.32. The van der Waals surface area contributed by atoms with Crippen molar-refractivity contribution >= 4 is 11.6 Å². The van der Waals surface area contributed by atoms with Crippen LogP contribution in [0.1, 0.15) is 5.56 Å². The quantitative estimate of drug-likeness (QED) is 0.738. The minimum atomic E-state index is 0.351. The van der Waals surface area contributed by atoms with Gasteiger partial charge in [0.2, 0.25) is 0 Å². The highest BCUT2D eigenvalue weighted by atomic mass is 35.5. The average Bonchev–Trinajstić information content (AvgIpc) is 2.33. The summed E-state index contributed by atoms with van der Waals surface area (Å²) in [5.41, 5.74) is 2.76. The van der Waals surface area contributed by atoms with Gasteiger partial charge < -0.3 is 0 Å². The second-order valence-electron chi connectivity index (χ2n) is 3.38. The molecule has 3 heteroatoms. The number of rotatable bonds is 2. The van der Waals surface area contributed by atoms with Gasteiger partial charge in [0.15, 0.2) is 0 Å². The SMILES string of the molecule is N#CCc1cnc(Cl)c(-c2ccccc2)c1. The second-order valence-corrected chi connectivity index (χ2v) is 3.74. The molecule has 0 atom stereocenters. The van der Waals surface area contributed by atoms with E-state index in [0.29, 0.717) is 11.6 Å². The van der Waals surface area contributed by atoms with Gasteiger partial charge in [-0.1, -0.05) is 41.9 Å². The van der Waals surface area contributed by atoms with Crippen LogP contribution in [0.2, 0.25) is 5.15 Å². The summed E-state index contributed by atoms with van der Waals surface area (Å²) >= 11 is 6.04. The number of nitriles is 1. The number of halogens is 1. The average molecular weight is 229 g/mol. The predicted molar refractivity (Wildman–Crippen MR) is 64.0 cm³/mol. The van der Waals surface area contributed by atoms with Gasteiger partial charge in [0.25, 0.3) is 0 Å². The summed E-state index contributed by atoms with van der Waals surface area (Å²) < 4.78 is 0. The molecule has 0 fully saturated rings. The molecule has 16 heavy (non-hydrogen) atoms. The second kappa shape index (κ2) is 4.78. The lowest BCUT2D eigenvalue weighted by Gasteiger charge is -2.05. The monoisotopic (exact) mass is 228 g/mol. The summed E-state index contributed by atoms with van der Waals surface area (Å²) in [6.45, 7) is 0. The Bertz CT molecular complexity index is 529. The van der Waals surface area contributed by atoms with Crippen molar-refractivity contribution in [1.29, 1.82) is 5.26 Å². The van der Waals surface area contributed by atoms with Crippen molar-refractivity contribution in [3.05, 3.63) is 53.3 Å². The van der Waals surface area contributed by atoms with E-state index >= 15 is 0 Å². The fourth-order valence-electron chi connectivity index (χ4n) is 1.50. The van der Waals surface area contributed by atoms with Gasteiger partial charge in [-0.2, -0.15) is 5.26 Å². The van der Waals surface area contributed by atoms with Crippen LogP contribution in [0.3, 0.4) is 0 Å². The van der Waals surface area contributed by atoms with Crippen LogP contribution in [0.25, 0.3) is 11.1 Å². The first kappa shape index (κ1) is 10.7. The number of benzene rings is 1. The number of aromatic nitrogens is 1. The Morgan fingerprint density at radius 1 is 1.25 bits per heavy atom. The summed E-state index contributed by atoms with van der Waals surface area (Å²) in [4.78, 5) is 4.09. The normalized spacial score (nSPS) is 9.75. The minimum absolute atomic E-state index is 0.351. The highest BCUT2D eigenvalue weighted by Gasteiger charge is 2.05. The van der Waals surface area contributed by atoms with E-state index in [1.54, 1.807) is 6.20 Å². The maximum Gasteiger partial charge on any atom is 0.136 e. The van der Waals surface area contributed by atoms with Gasteiger partial charge in [0.1, 0.15) is 5.15 Å². The third-order valence-electron chi connectivity index (χ3n) is 2.26. The fraction of sp³-hybridized carbons (Fsp3) is 0.0769. The predicted octanol–water partition coefficient (Wildman–Crippen LogP) is 3.47. The van der Waals surface area contributed by atoms with Gasteiger partial charge in [0.05, 0.1) is 12.5 Å². The van der Waals surface area contributed by atoms with Crippen molar-refractivity contribution < 1.29 is 0 Å². The molecule has 0 unspecified atom stereocenters. The van der Waals surface area contributed by atoms with E-state index in [2.05, 4.69) is 11.1 Å². The topological polar surface area (TPSA) is 36.7 Å². The molecule has 1 heterocycles. The van der Waals surface area contributed by atoms with Crippen LogP contribution in [0.4, 0.5) is 0 Å². The first-order valence-corrected chi connectivity index (χ1v) is 5.26. The maximum atomic E-state index is 8.64. The van der Waals surface area contributed by atoms with E-state index in [-0.39, 0.29) is 0 Å². The third-order valence-corrected chi connectivity index (χ3v) is 2.56. The summed E-state index contributed by atoms with van der Waals surface area (Å²) in [5.74, 6) is 0. The van der Waals surface area contributed by atoms with Gasteiger partial charge in [-0.3, -0.25) is 0 Å². The molecular weight excluding hydrogens is 220 g/mol. The van der Waals surface area contributed by atoms with Crippen molar-refractivity contribution in [2.75, 3.05) is 0 Å². The van der Waals surface area contributed by atoms with Crippen molar-refractivity contribution in [3.63, 3.8) is 0 Å². The fourth-order valence-corrected chi connectivity index (χ4v) is 1.71. The lowest BCUT2D eigenvalue weighted by Crippen LogP contribution is -1.88. The van der Waals surface area contributed by atoms with Crippen molar-refractivity contribution in [3.8, 4) is 17.2 Å². The van der Waals surface area contributed by atoms with E-state index in [1.165, 1.54) is 0 Å². The third kappa shape index (κ3) is 2.21. The van der Waals surface area contributed by atoms with E-state index < -0.39 is 0 Å². The van der Waals surface area contributed by atoms with Crippen LogP contribution in [-0.4, -0.2) is 4.98 Å². The van der Waals surface area contributed by atoms with Crippen LogP contribution >= 0.6 is 11.6 Å². The summed E-state index contributed by atoms with van der Waals surface area (Å²) in [6.07, 6.45) is 1.99. The molecule has 0 radical (unpaired) electrons. The summed E-state index contributed by atoms with van der Waals surface area (Å²) in [5, 5.41) is 9.11. The first-order chi connectivity index (χ1) is 7.81. The largest absolute Gasteiger partial charge is 0.244 e. The Balaban J connectivity index is 2.48. The molecule has 0 bridgehead atoms. The Labute approximate surface area is 99.1 Å². The van der Waals surface area contributed by atoms with Gasteiger partial charge in [-0.15, -0.1) is 0 Å². The summed E-state index contributed by atoms with van der Waals surface area (Å²) in [6, 6.07) is 13.8. The van der Waals surface area contributed by atoms with Crippen LogP contribution in [0, 0.1) is 11.3 Å². The van der Waals surface area contributed by atoms with Crippen LogP contribution in [-0.2, 0) is 6.42 Å². The van der Waals surface area contributed by atoms with E-state index in [4.69, 9.17) is 16.9 Å². The first-order valence-electron chi connectivity index (χ1n) is 4.88. The Kier molecular flexibility index (Phi) is 3.19. The molecule has 2 nitrogen and oxygen atoms in total. The van der Waals surface area contributed by atoms with Crippen LogP contribution < -0.4 is 0 Å². The van der Waals surface area contributed by atoms with E-state index in [0.717, 1.165) is 16.7 Å². The molecular formula is C13H9ClN2. The number of pyridine rings is 1. The zero-order chi connectivity index (χ0) is 11.4. The van der Waals surface area contributed by atoms with Gasteiger partial charge >= 0.3 is 0 Å². The van der Waals surface area contributed by atoms with Gasteiger partial charge in [-0.25, -0.2) is 4.98 Å². The number of hydrogen-bond donors (Lipinski definition) is 0. The van der Waals surface area contributed by atoms with Crippen LogP contribution in [0.15, 0.2) is 42.6 Å². The van der Waals surface area contributed by atoms with E-state index in [1.807, 2.05) is 36.4 Å². The molecule has 1 aromatic heterocycles. The lowest BCUT2D eigenvalue weighted by atomic mass is 10.1. The van der Waals surface area contributed by atoms with Crippen molar-refractivity contribution in [2.45, 2.75) is 6.42 Å². The zero-order valence-corrected chi connectivity index (χ0v) is 9.28. The number of hydrogen-bond acceptors (Lipinski definition) is 2. The Hall–Kier alpha value is -1.85. The smallest absolute Gasteiger partial charge is 0.136 e. The standard InChI is InChI=1S/C13H9ClN2/c14-13-12(11-4-2-1-3-5-11)8-10(6-7-15)9-16-13/h1-5,8-9H,6H2. The van der Waals surface area contributed by atoms with Gasteiger partial charge in [0, 0.05) is 11.8 Å². The Morgan fingerprint density at radius 2 is 2.00 bits per heavy atom. The molecule has 2 aromatic rings. The highest BCUT2D eigenvalue weighted by Crippen LogP contribution is 2.26. The molecule has 0 aliphatic rings. The molecule has 0 saturated carbocycles. The molecule has 0 amide bonds. The zero-order valence-electron chi connectivity index (χ0n) is 8.52. The Morgan fingerprint density at radius 3 is 2.69 bits per heavy atom. The molecule has 0 N–H and O–H groups in total. The van der Waals surface area contributed by atoms with Crippen molar-refractivity contribution in [1.82, 2.24) is 4.98 Å². The molecule has 0 spiro atoms. The molecule has 0 aliphatic heterocycles. The minimum Gasteiger partial charge on any atom is -0.244 e. The van der Waals surface area contributed by atoms with E-state index in [9.17, 15) is 0 Å². The molecule has 2 rings (SSSR count). The van der Waals surface area contributed by atoms with Crippen LogP contribution in [0.5, 0.6) is 0 Å². The van der Waals surface area contributed by atoms with Crippen molar-refractivity contribution in [2.24, 2.45) is 0 Å².